The molecule has 1 aliphatic heterocycles. The normalized spacial score (nSPS) is 19.1. The van der Waals surface area contributed by atoms with Crippen LogP contribution >= 0.6 is 0 Å². The van der Waals surface area contributed by atoms with Gasteiger partial charge in [0.05, 0.1) is 25.4 Å². The molecule has 0 aromatic heterocycles. The van der Waals surface area contributed by atoms with Gasteiger partial charge >= 0.3 is 0 Å². The summed E-state index contributed by atoms with van der Waals surface area (Å²) < 4.78 is 11.3. The van der Waals surface area contributed by atoms with E-state index in [4.69, 9.17) is 9.47 Å². The van der Waals surface area contributed by atoms with E-state index in [1.165, 1.54) is 263 Å². The maximum absolute atomic E-state index is 13.1. The number of aliphatic hydroxyl groups excluding tert-OH is 5. The van der Waals surface area contributed by atoms with Gasteiger partial charge < -0.3 is 40.3 Å². The molecule has 0 radical (unpaired) electrons. The number of carbonyl (C=O) groups excluding carboxylic acids is 1. The minimum atomic E-state index is -1.57. The predicted molar refractivity (Wildman–Crippen MR) is 309 cm³/mol. The van der Waals surface area contributed by atoms with Crippen LogP contribution in [0.1, 0.15) is 322 Å². The fraction of sp³-hybridized carbons (Fsp3) is 0.922. The molecule has 0 aromatic carbocycles. The van der Waals surface area contributed by atoms with Gasteiger partial charge in [-0.1, -0.05) is 295 Å². The van der Waals surface area contributed by atoms with Crippen molar-refractivity contribution in [2.75, 3.05) is 13.2 Å². The van der Waals surface area contributed by atoms with E-state index in [-0.39, 0.29) is 12.5 Å². The van der Waals surface area contributed by atoms with Crippen molar-refractivity contribution in [3.05, 3.63) is 24.3 Å². The summed E-state index contributed by atoms with van der Waals surface area (Å²) in [6.07, 6.45) is 62.7. The minimum absolute atomic E-state index is 0.171. The molecule has 0 saturated carbocycles. The summed E-state index contributed by atoms with van der Waals surface area (Å²) in [5.41, 5.74) is 0. The van der Waals surface area contributed by atoms with Crippen molar-refractivity contribution in [2.24, 2.45) is 0 Å². The molecule has 7 atom stereocenters. The van der Waals surface area contributed by atoms with Crippen LogP contribution in [0.15, 0.2) is 24.3 Å². The SMILES string of the molecule is CCCCCCCCCCCCCC/C=C\CCCCCCCCCCCCCCCCCC(=O)NC(COC1OC(CO)C(O)C(O)C1O)C(O)/C=C/CCCCCCCCCCCCCCCCCCC. The van der Waals surface area contributed by atoms with Crippen molar-refractivity contribution < 1.29 is 39.8 Å². The van der Waals surface area contributed by atoms with Gasteiger partial charge in [0.25, 0.3) is 0 Å². The van der Waals surface area contributed by atoms with Gasteiger partial charge in [-0.2, -0.15) is 0 Å². The molecule has 0 aromatic rings. The first-order chi connectivity index (χ1) is 35.8. The molecule has 0 aliphatic carbocycles. The predicted octanol–water partition coefficient (Wildman–Crippen LogP) is 16.5. The summed E-state index contributed by atoms with van der Waals surface area (Å²) in [7, 11) is 0. The zero-order chi connectivity index (χ0) is 52.9. The number of unbranched alkanes of at least 4 members (excludes halogenated alkanes) is 44. The number of ether oxygens (including phenoxy) is 2. The first-order valence-corrected chi connectivity index (χ1v) is 32.1. The fourth-order valence-corrected chi connectivity index (χ4v) is 10.4. The number of aliphatic hydroxyl groups is 5. The van der Waals surface area contributed by atoms with Crippen molar-refractivity contribution >= 4 is 5.91 Å². The topological polar surface area (TPSA) is 149 Å². The lowest BCUT2D eigenvalue weighted by Crippen LogP contribution is -2.60. The highest BCUT2D eigenvalue weighted by atomic mass is 16.7. The molecule has 432 valence electrons. The molecule has 0 spiro atoms. The number of allylic oxidation sites excluding steroid dienone is 3. The van der Waals surface area contributed by atoms with E-state index in [1.54, 1.807) is 6.08 Å². The summed E-state index contributed by atoms with van der Waals surface area (Å²) in [5, 5.41) is 54.6. The summed E-state index contributed by atoms with van der Waals surface area (Å²) >= 11 is 0. The van der Waals surface area contributed by atoms with E-state index in [0.29, 0.717) is 6.42 Å². The first kappa shape index (κ1) is 69.7. The number of hydrogen-bond acceptors (Lipinski definition) is 8. The third kappa shape index (κ3) is 43.4. The van der Waals surface area contributed by atoms with Crippen LogP contribution in [0.2, 0.25) is 0 Å². The second-order valence-corrected chi connectivity index (χ2v) is 22.6. The van der Waals surface area contributed by atoms with Gasteiger partial charge in [-0.3, -0.25) is 4.79 Å². The minimum Gasteiger partial charge on any atom is -0.394 e. The van der Waals surface area contributed by atoms with Gasteiger partial charge in [-0.05, 0) is 44.9 Å². The van der Waals surface area contributed by atoms with Gasteiger partial charge in [0.15, 0.2) is 6.29 Å². The monoisotopic (exact) mass is 1030 g/mol. The second kappa shape index (κ2) is 54.0. The number of nitrogens with one attached hydrogen (secondary N) is 1. The molecular weight excluding hydrogens is 911 g/mol. The molecule has 1 rings (SSSR count). The highest BCUT2D eigenvalue weighted by Gasteiger charge is 2.44. The van der Waals surface area contributed by atoms with E-state index < -0.39 is 49.5 Å². The van der Waals surface area contributed by atoms with Crippen LogP contribution in [-0.4, -0.2) is 87.5 Å². The molecule has 7 unspecified atom stereocenters. The molecule has 1 saturated heterocycles. The van der Waals surface area contributed by atoms with Crippen molar-refractivity contribution in [1.82, 2.24) is 5.32 Å². The Hall–Kier alpha value is -1.33. The zero-order valence-corrected chi connectivity index (χ0v) is 48.2. The molecule has 9 heteroatoms. The quantitative estimate of drug-likeness (QED) is 0.0261. The van der Waals surface area contributed by atoms with E-state index in [9.17, 15) is 30.3 Å². The first-order valence-electron chi connectivity index (χ1n) is 32.1. The van der Waals surface area contributed by atoms with Crippen molar-refractivity contribution in [3.63, 3.8) is 0 Å². The van der Waals surface area contributed by atoms with Crippen LogP contribution in [0.25, 0.3) is 0 Å². The Balaban J connectivity index is 2.14. The third-order valence-electron chi connectivity index (χ3n) is 15.5. The van der Waals surface area contributed by atoms with Crippen molar-refractivity contribution in [1.29, 1.82) is 0 Å². The maximum Gasteiger partial charge on any atom is 0.220 e. The van der Waals surface area contributed by atoms with Crippen molar-refractivity contribution in [2.45, 2.75) is 365 Å². The molecule has 6 N–H and O–H groups in total. The smallest absolute Gasteiger partial charge is 0.220 e. The fourth-order valence-electron chi connectivity index (χ4n) is 10.4. The Kier molecular flexibility index (Phi) is 51.6. The van der Waals surface area contributed by atoms with Crippen molar-refractivity contribution in [3.8, 4) is 0 Å². The van der Waals surface area contributed by atoms with E-state index in [1.807, 2.05) is 6.08 Å². The molecule has 9 nitrogen and oxygen atoms in total. The average molecular weight is 1030 g/mol. The molecule has 0 bridgehead atoms. The Bertz CT molecular complexity index is 1200. The summed E-state index contributed by atoms with van der Waals surface area (Å²) in [6, 6.07) is -0.803. The number of hydrogen-bond donors (Lipinski definition) is 6. The number of carbonyl (C=O) groups is 1. The molecule has 1 amide bonds. The molecule has 1 aliphatic rings. The Morgan fingerprint density at radius 3 is 1.11 bits per heavy atom. The highest BCUT2D eigenvalue weighted by Crippen LogP contribution is 2.23. The molecule has 73 heavy (non-hydrogen) atoms. The number of rotatable bonds is 56. The second-order valence-electron chi connectivity index (χ2n) is 22.6. The van der Waals surface area contributed by atoms with E-state index in [0.717, 1.165) is 38.5 Å². The lowest BCUT2D eigenvalue weighted by atomic mass is 9.99. The average Bonchev–Trinajstić information content (AvgIpc) is 3.39. The van der Waals surface area contributed by atoms with Gasteiger partial charge in [0.1, 0.15) is 24.4 Å². The standard InChI is InChI=1S/C64H123NO8/c1-3-5-7-9-11-13-15-17-19-21-23-24-25-26-27-28-29-30-31-32-33-34-36-38-40-42-44-46-48-50-52-54-60(68)65-57(56-72-64-63(71)62(70)61(69)59(55-66)73-64)58(67)53-51-49-47-45-43-41-39-37-35-22-20-18-16-14-12-10-8-6-4-2/h26-27,51,53,57-59,61-64,66-67,69-71H,3-25,28-50,52,54-56H2,1-2H3,(H,65,68)/b27-26-,53-51+. The highest BCUT2D eigenvalue weighted by molar-refractivity contribution is 5.76. The van der Waals surface area contributed by atoms with Gasteiger partial charge in [-0.25, -0.2) is 0 Å². The number of amides is 1. The summed E-state index contributed by atoms with van der Waals surface area (Å²) in [6.45, 7) is 3.83. The third-order valence-corrected chi connectivity index (χ3v) is 15.5. The molecule has 1 fully saturated rings. The largest absolute Gasteiger partial charge is 0.394 e. The van der Waals surface area contributed by atoms with Gasteiger partial charge in [-0.15, -0.1) is 0 Å². The Morgan fingerprint density at radius 2 is 0.767 bits per heavy atom. The molecule has 1 heterocycles. The van der Waals surface area contributed by atoms with Crippen LogP contribution in [0.3, 0.4) is 0 Å². The van der Waals surface area contributed by atoms with Crippen LogP contribution in [-0.2, 0) is 14.3 Å². The van der Waals surface area contributed by atoms with Gasteiger partial charge in [0, 0.05) is 6.42 Å². The lowest BCUT2D eigenvalue weighted by molar-refractivity contribution is -0.302. The van der Waals surface area contributed by atoms with Crippen LogP contribution < -0.4 is 5.32 Å². The van der Waals surface area contributed by atoms with Gasteiger partial charge in [0.2, 0.25) is 5.91 Å². The maximum atomic E-state index is 13.1. The van der Waals surface area contributed by atoms with Crippen LogP contribution in [0, 0.1) is 0 Å². The Morgan fingerprint density at radius 1 is 0.452 bits per heavy atom. The van der Waals surface area contributed by atoms with Crippen LogP contribution in [0.5, 0.6) is 0 Å². The van der Waals surface area contributed by atoms with E-state index >= 15 is 0 Å². The summed E-state index contributed by atoms with van der Waals surface area (Å²) in [4.78, 5) is 13.1. The van der Waals surface area contributed by atoms with Crippen LogP contribution in [0.4, 0.5) is 0 Å². The summed E-state index contributed by atoms with van der Waals surface area (Å²) in [5.74, 6) is -0.171. The zero-order valence-electron chi connectivity index (χ0n) is 48.2. The van der Waals surface area contributed by atoms with E-state index in [2.05, 4.69) is 31.3 Å². The molecular formula is C64H123NO8. The lowest BCUT2D eigenvalue weighted by Gasteiger charge is -2.40. The Labute approximate surface area is 451 Å².